The van der Waals surface area contributed by atoms with Crippen LogP contribution in [0, 0.1) is 6.92 Å². The van der Waals surface area contributed by atoms with Crippen LogP contribution in [0.1, 0.15) is 22.6 Å². The minimum atomic E-state index is -0.233. The standard InChI is InChI=1S/C16H20N4O2/c1-12-17-8-7-15(20-12)10-19-16(21)18-9-13-5-3-4-6-14(13)11-22-2/h3-8H,9-11H2,1-2H3,(H2,18,19,21). The molecule has 0 aliphatic carbocycles. The first-order valence-corrected chi connectivity index (χ1v) is 7.05. The lowest BCUT2D eigenvalue weighted by atomic mass is 10.1. The van der Waals surface area contributed by atoms with Gasteiger partial charge in [-0.15, -0.1) is 0 Å². The first-order valence-electron chi connectivity index (χ1n) is 7.05. The average Bonchev–Trinajstić information content (AvgIpc) is 2.52. The summed E-state index contributed by atoms with van der Waals surface area (Å²) in [5.74, 6) is 0.688. The summed E-state index contributed by atoms with van der Waals surface area (Å²) in [6.45, 7) is 3.17. The van der Waals surface area contributed by atoms with Gasteiger partial charge >= 0.3 is 6.03 Å². The highest BCUT2D eigenvalue weighted by atomic mass is 16.5. The second-order valence-corrected chi connectivity index (χ2v) is 4.83. The Kier molecular flexibility index (Phi) is 5.85. The van der Waals surface area contributed by atoms with Gasteiger partial charge in [-0.1, -0.05) is 24.3 Å². The van der Waals surface area contributed by atoms with E-state index in [-0.39, 0.29) is 6.03 Å². The van der Waals surface area contributed by atoms with Gasteiger partial charge in [0.15, 0.2) is 0 Å². The summed E-state index contributed by atoms with van der Waals surface area (Å²) in [6, 6.07) is 9.40. The summed E-state index contributed by atoms with van der Waals surface area (Å²) in [5, 5.41) is 5.61. The molecule has 0 unspecified atom stereocenters. The fourth-order valence-electron chi connectivity index (χ4n) is 2.04. The lowest BCUT2D eigenvalue weighted by Crippen LogP contribution is -2.35. The van der Waals surface area contributed by atoms with Crippen molar-refractivity contribution in [3.8, 4) is 0 Å². The minimum absolute atomic E-state index is 0.233. The van der Waals surface area contributed by atoms with Gasteiger partial charge in [0.2, 0.25) is 0 Å². The SMILES string of the molecule is COCc1ccccc1CNC(=O)NCc1ccnc(C)n1. The smallest absolute Gasteiger partial charge is 0.315 e. The number of hydrogen-bond acceptors (Lipinski definition) is 4. The van der Waals surface area contributed by atoms with Crippen LogP contribution < -0.4 is 10.6 Å². The molecule has 116 valence electrons. The molecule has 0 saturated carbocycles. The van der Waals surface area contributed by atoms with Gasteiger partial charge in [0, 0.05) is 19.9 Å². The molecule has 0 fully saturated rings. The predicted octanol–water partition coefficient (Wildman–Crippen LogP) is 1.93. The number of hydrogen-bond donors (Lipinski definition) is 2. The normalized spacial score (nSPS) is 10.3. The molecule has 0 spiro atoms. The summed E-state index contributed by atoms with van der Waals surface area (Å²) in [4.78, 5) is 20.1. The monoisotopic (exact) mass is 300 g/mol. The Labute approximate surface area is 129 Å². The van der Waals surface area contributed by atoms with Gasteiger partial charge in [0.05, 0.1) is 18.8 Å². The molecule has 6 nitrogen and oxygen atoms in total. The van der Waals surface area contributed by atoms with Gasteiger partial charge in [-0.25, -0.2) is 14.8 Å². The van der Waals surface area contributed by atoms with Gasteiger partial charge in [-0.05, 0) is 24.1 Å². The molecule has 0 aliphatic rings. The van der Waals surface area contributed by atoms with Crippen molar-refractivity contribution in [3.63, 3.8) is 0 Å². The molecule has 2 aromatic rings. The van der Waals surface area contributed by atoms with Gasteiger partial charge in [-0.3, -0.25) is 0 Å². The van der Waals surface area contributed by atoms with Gasteiger partial charge in [0.25, 0.3) is 0 Å². The number of nitrogens with one attached hydrogen (secondary N) is 2. The van der Waals surface area contributed by atoms with E-state index in [1.165, 1.54) is 0 Å². The number of carbonyl (C=O) groups excluding carboxylic acids is 1. The molecule has 1 heterocycles. The van der Waals surface area contributed by atoms with E-state index in [1.54, 1.807) is 19.4 Å². The number of rotatable bonds is 6. The lowest BCUT2D eigenvalue weighted by Gasteiger charge is -2.11. The average molecular weight is 300 g/mol. The van der Waals surface area contributed by atoms with Crippen LogP contribution in [-0.4, -0.2) is 23.1 Å². The van der Waals surface area contributed by atoms with Crippen LogP contribution in [0.2, 0.25) is 0 Å². The van der Waals surface area contributed by atoms with E-state index in [1.807, 2.05) is 31.2 Å². The molecule has 2 rings (SSSR count). The molecular weight excluding hydrogens is 280 g/mol. The van der Waals surface area contributed by atoms with Crippen molar-refractivity contribution in [2.75, 3.05) is 7.11 Å². The van der Waals surface area contributed by atoms with E-state index in [4.69, 9.17) is 4.74 Å². The van der Waals surface area contributed by atoms with Gasteiger partial charge < -0.3 is 15.4 Å². The Morgan fingerprint density at radius 3 is 2.59 bits per heavy atom. The summed E-state index contributed by atoms with van der Waals surface area (Å²) in [5.41, 5.74) is 2.89. The number of aryl methyl sites for hydroxylation is 1. The quantitative estimate of drug-likeness (QED) is 0.854. The van der Waals surface area contributed by atoms with Crippen LogP contribution in [0.15, 0.2) is 36.5 Å². The van der Waals surface area contributed by atoms with E-state index in [0.717, 1.165) is 16.8 Å². The molecule has 0 aliphatic heterocycles. The van der Waals surface area contributed by atoms with Crippen molar-refractivity contribution in [2.45, 2.75) is 26.6 Å². The topological polar surface area (TPSA) is 76.1 Å². The van der Waals surface area contributed by atoms with Crippen LogP contribution in [0.25, 0.3) is 0 Å². The van der Waals surface area contributed by atoms with Crippen molar-refractivity contribution in [3.05, 3.63) is 59.2 Å². The van der Waals surface area contributed by atoms with Gasteiger partial charge in [0.1, 0.15) is 5.82 Å². The zero-order valence-corrected chi connectivity index (χ0v) is 12.8. The van der Waals surface area contributed by atoms with E-state index in [9.17, 15) is 4.79 Å². The highest BCUT2D eigenvalue weighted by molar-refractivity contribution is 5.73. The Morgan fingerprint density at radius 2 is 1.86 bits per heavy atom. The number of urea groups is 1. The zero-order valence-electron chi connectivity index (χ0n) is 12.8. The number of benzene rings is 1. The van der Waals surface area contributed by atoms with Crippen LogP contribution in [0.4, 0.5) is 4.79 Å². The van der Waals surface area contributed by atoms with Crippen molar-refractivity contribution >= 4 is 6.03 Å². The molecule has 0 bridgehead atoms. The van der Waals surface area contributed by atoms with Crippen molar-refractivity contribution < 1.29 is 9.53 Å². The number of aromatic nitrogens is 2. The molecule has 1 aromatic carbocycles. The zero-order chi connectivity index (χ0) is 15.8. The van der Waals surface area contributed by atoms with Gasteiger partial charge in [-0.2, -0.15) is 0 Å². The third-order valence-electron chi connectivity index (χ3n) is 3.12. The van der Waals surface area contributed by atoms with Crippen LogP contribution in [-0.2, 0) is 24.4 Å². The molecule has 6 heteroatoms. The summed E-state index contributed by atoms with van der Waals surface area (Å²) >= 11 is 0. The summed E-state index contributed by atoms with van der Waals surface area (Å²) in [6.07, 6.45) is 1.68. The van der Waals surface area contributed by atoms with E-state index < -0.39 is 0 Å². The largest absolute Gasteiger partial charge is 0.380 e. The lowest BCUT2D eigenvalue weighted by molar-refractivity contribution is 0.184. The highest BCUT2D eigenvalue weighted by Gasteiger charge is 2.05. The number of ether oxygens (including phenoxy) is 1. The Balaban J connectivity index is 1.83. The second kappa shape index (κ2) is 8.09. The number of methoxy groups -OCH3 is 1. The molecule has 0 atom stereocenters. The van der Waals surface area contributed by atoms with Crippen LogP contribution in [0.3, 0.4) is 0 Å². The molecule has 0 radical (unpaired) electrons. The first kappa shape index (κ1) is 15.9. The van der Waals surface area contributed by atoms with Crippen molar-refractivity contribution in [1.29, 1.82) is 0 Å². The third kappa shape index (κ3) is 4.82. The Hall–Kier alpha value is -2.47. The fraction of sp³-hybridized carbons (Fsp3) is 0.312. The molecule has 1 aromatic heterocycles. The predicted molar refractivity (Wildman–Crippen MR) is 83.0 cm³/mol. The summed E-state index contributed by atoms with van der Waals surface area (Å²) < 4.78 is 5.15. The van der Waals surface area contributed by atoms with E-state index in [0.29, 0.717) is 25.5 Å². The van der Waals surface area contributed by atoms with Crippen LogP contribution >= 0.6 is 0 Å². The first-order chi connectivity index (χ1) is 10.7. The maximum Gasteiger partial charge on any atom is 0.315 e. The summed E-state index contributed by atoms with van der Waals surface area (Å²) in [7, 11) is 1.65. The molecule has 0 saturated heterocycles. The molecular formula is C16H20N4O2. The maximum atomic E-state index is 11.8. The third-order valence-corrected chi connectivity index (χ3v) is 3.12. The number of nitrogens with zero attached hydrogens (tertiary/aromatic N) is 2. The van der Waals surface area contributed by atoms with E-state index >= 15 is 0 Å². The Bertz CT molecular complexity index is 631. The number of amides is 2. The van der Waals surface area contributed by atoms with Crippen molar-refractivity contribution in [1.82, 2.24) is 20.6 Å². The highest BCUT2D eigenvalue weighted by Crippen LogP contribution is 2.09. The molecule has 2 amide bonds. The Morgan fingerprint density at radius 1 is 1.14 bits per heavy atom. The molecule has 22 heavy (non-hydrogen) atoms. The second-order valence-electron chi connectivity index (χ2n) is 4.83. The number of carbonyl (C=O) groups is 1. The van der Waals surface area contributed by atoms with Crippen LogP contribution in [0.5, 0.6) is 0 Å². The maximum absolute atomic E-state index is 11.8. The minimum Gasteiger partial charge on any atom is -0.380 e. The fourth-order valence-corrected chi connectivity index (χ4v) is 2.04. The van der Waals surface area contributed by atoms with E-state index in [2.05, 4.69) is 20.6 Å². The molecule has 2 N–H and O–H groups in total. The van der Waals surface area contributed by atoms with Crippen molar-refractivity contribution in [2.24, 2.45) is 0 Å².